The van der Waals surface area contributed by atoms with E-state index in [4.69, 9.17) is 23.2 Å². The van der Waals surface area contributed by atoms with E-state index >= 15 is 0 Å². The van der Waals surface area contributed by atoms with Gasteiger partial charge in [-0.25, -0.2) is 13.1 Å². The Morgan fingerprint density at radius 3 is 2.18 bits per heavy atom. The van der Waals surface area contributed by atoms with Gasteiger partial charge in [-0.1, -0.05) is 23.2 Å². The molecule has 0 heterocycles. The van der Waals surface area contributed by atoms with Crippen LogP contribution in [-0.2, 0) is 10.0 Å². The maximum Gasteiger partial charge on any atom is 0.242 e. The fraction of sp³-hybridized carbons (Fsp3) is 0.400. The molecule has 96 valence electrons. The molecule has 7 heteroatoms. The summed E-state index contributed by atoms with van der Waals surface area (Å²) in [6.45, 7) is 5.25. The van der Waals surface area contributed by atoms with E-state index in [2.05, 4.69) is 20.7 Å². The fourth-order valence-electron chi connectivity index (χ4n) is 1.17. The molecule has 0 atom stereocenters. The molecule has 1 N–H and O–H groups in total. The Bertz CT molecular complexity index is 538. The molecule has 0 fully saturated rings. The molecule has 0 saturated heterocycles. The number of nitrogens with one attached hydrogen (secondary N) is 1. The summed E-state index contributed by atoms with van der Waals surface area (Å²) in [5.74, 6) is 0. The second kappa shape index (κ2) is 5.05. The molecule has 0 aromatic heterocycles. The summed E-state index contributed by atoms with van der Waals surface area (Å²) >= 11 is 14.9. The molecule has 0 bridgehead atoms. The molecule has 0 radical (unpaired) electrons. The lowest BCUT2D eigenvalue weighted by Gasteiger charge is -2.21. The van der Waals surface area contributed by atoms with Crippen molar-refractivity contribution in [2.24, 2.45) is 0 Å². The molecular weight excluding hydrogens is 349 g/mol. The average Bonchev–Trinajstić information content (AvgIpc) is 2.06. The lowest BCUT2D eigenvalue weighted by Crippen LogP contribution is -2.40. The molecule has 0 aliphatic rings. The highest BCUT2D eigenvalue weighted by atomic mass is 79.9. The molecule has 1 aromatic carbocycles. The van der Waals surface area contributed by atoms with Crippen molar-refractivity contribution in [3.05, 3.63) is 26.7 Å². The summed E-state index contributed by atoms with van der Waals surface area (Å²) in [7, 11) is -3.68. The summed E-state index contributed by atoms with van der Waals surface area (Å²) < 4.78 is 27.2. The number of rotatable bonds is 2. The highest BCUT2D eigenvalue weighted by molar-refractivity contribution is 9.10. The van der Waals surface area contributed by atoms with Crippen molar-refractivity contribution < 1.29 is 8.42 Å². The molecule has 0 amide bonds. The molecule has 3 nitrogen and oxygen atoms in total. The van der Waals surface area contributed by atoms with Crippen molar-refractivity contribution in [1.29, 1.82) is 0 Å². The molecule has 0 spiro atoms. The smallest absolute Gasteiger partial charge is 0.207 e. The monoisotopic (exact) mass is 359 g/mol. The van der Waals surface area contributed by atoms with Crippen LogP contribution < -0.4 is 4.72 Å². The first kappa shape index (κ1) is 15.2. The van der Waals surface area contributed by atoms with Crippen molar-refractivity contribution in [2.45, 2.75) is 31.2 Å². The topological polar surface area (TPSA) is 46.2 Å². The lowest BCUT2D eigenvalue weighted by molar-refractivity contribution is 0.491. The SMILES string of the molecule is CC(C)(C)NS(=O)(=O)c1cc(Cl)c(Br)cc1Cl. The highest BCUT2D eigenvalue weighted by Gasteiger charge is 2.25. The number of sulfonamides is 1. The lowest BCUT2D eigenvalue weighted by atomic mass is 10.1. The third-order valence-electron chi connectivity index (χ3n) is 1.70. The minimum absolute atomic E-state index is 0.0257. The molecule has 0 aliphatic heterocycles. The van der Waals surface area contributed by atoms with Gasteiger partial charge < -0.3 is 0 Å². The van der Waals surface area contributed by atoms with Gasteiger partial charge in [0.1, 0.15) is 4.90 Å². The first-order valence-electron chi connectivity index (χ1n) is 4.71. The van der Waals surface area contributed by atoms with Gasteiger partial charge in [0, 0.05) is 10.0 Å². The highest BCUT2D eigenvalue weighted by Crippen LogP contribution is 2.32. The van der Waals surface area contributed by atoms with Crippen molar-refractivity contribution in [3.8, 4) is 0 Å². The Morgan fingerprint density at radius 1 is 1.18 bits per heavy atom. The number of hydrogen-bond donors (Lipinski definition) is 1. The summed E-state index contributed by atoms with van der Waals surface area (Å²) in [6, 6.07) is 2.78. The van der Waals surface area contributed by atoms with E-state index in [-0.39, 0.29) is 9.92 Å². The zero-order valence-electron chi connectivity index (χ0n) is 9.51. The molecule has 1 aromatic rings. The van der Waals surface area contributed by atoms with Crippen molar-refractivity contribution in [2.75, 3.05) is 0 Å². The van der Waals surface area contributed by atoms with E-state index in [1.54, 1.807) is 20.8 Å². The van der Waals surface area contributed by atoms with Crippen LogP contribution >= 0.6 is 39.1 Å². The van der Waals surface area contributed by atoms with Gasteiger partial charge in [0.2, 0.25) is 10.0 Å². The van der Waals surface area contributed by atoms with Crippen LogP contribution in [0.1, 0.15) is 20.8 Å². The van der Waals surface area contributed by atoms with Crippen molar-refractivity contribution in [1.82, 2.24) is 4.72 Å². The van der Waals surface area contributed by atoms with Gasteiger partial charge in [-0.15, -0.1) is 0 Å². The largest absolute Gasteiger partial charge is 0.242 e. The molecule has 17 heavy (non-hydrogen) atoms. The Morgan fingerprint density at radius 2 is 1.71 bits per heavy atom. The maximum absolute atomic E-state index is 12.1. The fourth-order valence-corrected chi connectivity index (χ4v) is 3.85. The Balaban J connectivity index is 3.30. The van der Waals surface area contributed by atoms with Crippen LogP contribution in [0.25, 0.3) is 0 Å². The first-order valence-corrected chi connectivity index (χ1v) is 7.75. The zero-order valence-corrected chi connectivity index (χ0v) is 13.4. The standard InChI is InChI=1S/C10H12BrCl2NO2S/c1-10(2,3)14-17(15,16)9-5-7(12)6(11)4-8(9)13/h4-5,14H,1-3H3. The van der Waals surface area contributed by atoms with Gasteiger partial charge in [0.25, 0.3) is 0 Å². The van der Waals surface area contributed by atoms with Gasteiger partial charge in [-0.2, -0.15) is 0 Å². The van der Waals surface area contributed by atoms with E-state index in [1.165, 1.54) is 12.1 Å². The van der Waals surface area contributed by atoms with E-state index in [1.807, 2.05) is 0 Å². The van der Waals surface area contributed by atoms with Crippen LogP contribution in [0.15, 0.2) is 21.5 Å². The molecule has 0 saturated carbocycles. The molecule has 1 rings (SSSR count). The van der Waals surface area contributed by atoms with E-state index in [0.29, 0.717) is 9.50 Å². The Hall–Kier alpha value is 0.190. The van der Waals surface area contributed by atoms with Crippen LogP contribution in [0.3, 0.4) is 0 Å². The van der Waals surface area contributed by atoms with Crippen molar-refractivity contribution >= 4 is 49.2 Å². The second-order valence-electron chi connectivity index (χ2n) is 4.55. The number of hydrogen-bond acceptors (Lipinski definition) is 2. The minimum Gasteiger partial charge on any atom is -0.207 e. The Kier molecular flexibility index (Phi) is 4.53. The van der Waals surface area contributed by atoms with E-state index in [9.17, 15) is 8.42 Å². The Labute approximate surface area is 120 Å². The third kappa shape index (κ3) is 4.10. The van der Waals surface area contributed by atoms with Gasteiger partial charge in [0.15, 0.2) is 0 Å². The van der Waals surface area contributed by atoms with Crippen LogP contribution in [-0.4, -0.2) is 14.0 Å². The first-order chi connectivity index (χ1) is 7.53. The molecule has 0 unspecified atom stereocenters. The number of benzene rings is 1. The molecule has 0 aliphatic carbocycles. The second-order valence-corrected chi connectivity index (χ2v) is 7.87. The van der Waals surface area contributed by atoms with Crippen LogP contribution in [0.5, 0.6) is 0 Å². The zero-order chi connectivity index (χ0) is 13.4. The summed E-state index contributed by atoms with van der Waals surface area (Å²) in [5.41, 5.74) is -0.582. The van der Waals surface area contributed by atoms with E-state index < -0.39 is 15.6 Å². The molecular formula is C10H12BrCl2NO2S. The number of halogens is 3. The van der Waals surface area contributed by atoms with Crippen molar-refractivity contribution in [3.63, 3.8) is 0 Å². The maximum atomic E-state index is 12.1. The van der Waals surface area contributed by atoms with Crippen LogP contribution in [0.2, 0.25) is 10.0 Å². The summed E-state index contributed by atoms with van der Waals surface area (Å²) in [4.78, 5) is -0.0257. The normalized spacial score (nSPS) is 12.8. The van der Waals surface area contributed by atoms with Gasteiger partial charge in [-0.05, 0) is 48.8 Å². The third-order valence-corrected chi connectivity index (χ3v) is 5.12. The van der Waals surface area contributed by atoms with Gasteiger partial charge in [0.05, 0.1) is 10.0 Å². The summed E-state index contributed by atoms with van der Waals surface area (Å²) in [6.07, 6.45) is 0. The van der Waals surface area contributed by atoms with Crippen LogP contribution in [0, 0.1) is 0 Å². The minimum atomic E-state index is -3.68. The van der Waals surface area contributed by atoms with Gasteiger partial charge in [-0.3, -0.25) is 0 Å². The van der Waals surface area contributed by atoms with E-state index in [0.717, 1.165) is 0 Å². The average molecular weight is 361 g/mol. The van der Waals surface area contributed by atoms with Crippen LogP contribution in [0.4, 0.5) is 0 Å². The quantitative estimate of drug-likeness (QED) is 0.814. The predicted octanol–water partition coefficient (Wildman–Crippen LogP) is 3.83. The van der Waals surface area contributed by atoms with Gasteiger partial charge >= 0.3 is 0 Å². The summed E-state index contributed by atoms with van der Waals surface area (Å²) in [5, 5.41) is 0.418. The predicted molar refractivity (Wildman–Crippen MR) is 74.2 cm³/mol.